The summed E-state index contributed by atoms with van der Waals surface area (Å²) in [7, 11) is -1.47. The minimum absolute atomic E-state index is 0.0616. The lowest BCUT2D eigenvalue weighted by Crippen LogP contribution is -2.67. The summed E-state index contributed by atoms with van der Waals surface area (Å²) in [6, 6.07) is 0. The van der Waals surface area contributed by atoms with Crippen LogP contribution >= 0.6 is 0 Å². The predicted octanol–water partition coefficient (Wildman–Crippen LogP) is 4.59. The lowest BCUT2D eigenvalue weighted by molar-refractivity contribution is -0.210. The second-order valence-corrected chi connectivity index (χ2v) is 12.8. The molecule has 0 bridgehead atoms. The van der Waals surface area contributed by atoms with Gasteiger partial charge in [-0.15, -0.1) is 0 Å². The van der Waals surface area contributed by atoms with Crippen LogP contribution in [-0.4, -0.2) is 40.3 Å². The molecule has 0 aromatic rings. The number of hydrogen-bond donors (Lipinski definition) is 0. The van der Waals surface area contributed by atoms with Gasteiger partial charge in [0.1, 0.15) is 0 Å². The van der Waals surface area contributed by atoms with Crippen molar-refractivity contribution in [1.29, 1.82) is 0 Å². The average molecular weight is 415 g/mol. The quantitative estimate of drug-likeness (QED) is 0.297. The first kappa shape index (κ1) is 25.2. The molecule has 0 aliphatic heterocycles. The van der Waals surface area contributed by atoms with Crippen LogP contribution < -0.4 is 0 Å². The Morgan fingerprint density at radius 1 is 0.964 bits per heavy atom. The van der Waals surface area contributed by atoms with Crippen molar-refractivity contribution in [2.45, 2.75) is 86.9 Å². The fourth-order valence-corrected chi connectivity index (χ4v) is 4.54. The van der Waals surface area contributed by atoms with Crippen molar-refractivity contribution < 1.29 is 23.5 Å². The van der Waals surface area contributed by atoms with Gasteiger partial charge >= 0.3 is 11.9 Å². The lowest BCUT2D eigenvalue weighted by Gasteiger charge is -2.55. The average Bonchev–Trinajstić information content (AvgIpc) is 2.50. The number of hydrogen-bond acceptors (Lipinski definition) is 5. The van der Waals surface area contributed by atoms with E-state index >= 15 is 0 Å². The van der Waals surface area contributed by atoms with Crippen LogP contribution in [0.15, 0.2) is 0 Å². The minimum Gasteiger partial charge on any atom is -0.465 e. The molecule has 6 heteroatoms. The second kappa shape index (κ2) is 10.2. The summed E-state index contributed by atoms with van der Waals surface area (Å²) in [6.07, 6.45) is 1.52. The predicted molar refractivity (Wildman–Crippen MR) is 115 cm³/mol. The van der Waals surface area contributed by atoms with E-state index in [1.165, 1.54) is 0 Å². The van der Waals surface area contributed by atoms with Crippen LogP contribution in [-0.2, 0) is 23.5 Å². The highest BCUT2D eigenvalue weighted by atomic mass is 28.3. The number of esters is 2. The topological polar surface area (TPSA) is 61.8 Å². The van der Waals surface area contributed by atoms with Crippen LogP contribution in [0.3, 0.4) is 0 Å². The van der Waals surface area contributed by atoms with E-state index in [1.54, 1.807) is 0 Å². The van der Waals surface area contributed by atoms with Gasteiger partial charge in [-0.3, -0.25) is 9.59 Å². The third-order valence-electron chi connectivity index (χ3n) is 5.51. The molecular formula is C22H42O5Si. The number of rotatable bonds is 10. The molecule has 2 atom stereocenters. The summed E-state index contributed by atoms with van der Waals surface area (Å²) in [4.78, 5) is 26.3. The van der Waals surface area contributed by atoms with Gasteiger partial charge in [-0.2, -0.15) is 0 Å². The van der Waals surface area contributed by atoms with Crippen molar-refractivity contribution in [2.24, 2.45) is 28.6 Å². The first-order valence-corrected chi connectivity index (χ1v) is 13.6. The van der Waals surface area contributed by atoms with Crippen molar-refractivity contribution in [3.8, 4) is 0 Å². The summed E-state index contributed by atoms with van der Waals surface area (Å²) in [5.74, 6) is 0.0459. The van der Waals surface area contributed by atoms with Gasteiger partial charge in [-0.25, -0.2) is 0 Å². The fraction of sp³-hybridized carbons (Fsp3) is 0.909. The number of carbonyl (C=O) groups excluding carboxylic acids is 2. The Bertz CT molecular complexity index is 496. The summed E-state index contributed by atoms with van der Waals surface area (Å²) in [5.41, 5.74) is -1.38. The van der Waals surface area contributed by atoms with Crippen LogP contribution in [0, 0.1) is 28.6 Å². The van der Waals surface area contributed by atoms with Gasteiger partial charge in [0.05, 0.1) is 19.3 Å². The zero-order valence-corrected chi connectivity index (χ0v) is 20.6. The Balaban J connectivity index is 3.08. The van der Waals surface area contributed by atoms with Gasteiger partial charge in [-0.05, 0) is 55.5 Å². The molecule has 1 rings (SSSR count). The molecule has 0 aromatic carbocycles. The van der Waals surface area contributed by atoms with E-state index in [-0.39, 0.29) is 11.3 Å². The molecule has 5 nitrogen and oxygen atoms in total. The monoisotopic (exact) mass is 414 g/mol. The third kappa shape index (κ3) is 6.31. The van der Waals surface area contributed by atoms with Crippen molar-refractivity contribution in [3.05, 3.63) is 0 Å². The molecule has 0 saturated heterocycles. The largest absolute Gasteiger partial charge is 0.465 e. The molecule has 0 amide bonds. The Kier molecular flexibility index (Phi) is 9.20. The molecule has 1 aliphatic rings. The molecule has 0 radical (unpaired) electrons. The molecular weight excluding hydrogens is 372 g/mol. The zero-order valence-electron chi connectivity index (χ0n) is 19.5. The van der Waals surface area contributed by atoms with Crippen LogP contribution in [0.4, 0.5) is 0 Å². The van der Waals surface area contributed by atoms with Gasteiger partial charge in [0.25, 0.3) is 0 Å². The van der Waals surface area contributed by atoms with E-state index in [0.29, 0.717) is 31.5 Å². The van der Waals surface area contributed by atoms with Gasteiger partial charge < -0.3 is 13.9 Å². The maximum absolute atomic E-state index is 13.1. The van der Waals surface area contributed by atoms with E-state index in [9.17, 15) is 9.59 Å². The van der Waals surface area contributed by atoms with Gasteiger partial charge in [0.2, 0.25) is 0 Å². The first-order chi connectivity index (χ1) is 12.8. The van der Waals surface area contributed by atoms with Gasteiger partial charge in [0.15, 0.2) is 14.5 Å². The molecule has 0 aromatic heterocycles. The summed E-state index contributed by atoms with van der Waals surface area (Å²) in [5, 5.41) is 0. The Morgan fingerprint density at radius 3 is 1.71 bits per heavy atom. The highest BCUT2D eigenvalue weighted by Gasteiger charge is 2.68. The van der Waals surface area contributed by atoms with Crippen molar-refractivity contribution in [3.63, 3.8) is 0 Å². The molecule has 0 heterocycles. The van der Waals surface area contributed by atoms with Crippen LogP contribution in [0.1, 0.15) is 67.7 Å². The molecule has 1 fully saturated rings. The lowest BCUT2D eigenvalue weighted by atomic mass is 9.52. The zero-order chi connectivity index (χ0) is 21.7. The van der Waals surface area contributed by atoms with E-state index in [2.05, 4.69) is 61.6 Å². The van der Waals surface area contributed by atoms with Gasteiger partial charge in [-0.1, -0.05) is 48.5 Å². The van der Waals surface area contributed by atoms with Crippen LogP contribution in [0.5, 0.6) is 0 Å². The van der Waals surface area contributed by atoms with Gasteiger partial charge in [0, 0.05) is 0 Å². The molecule has 0 N–H and O–H groups in total. The van der Waals surface area contributed by atoms with Crippen molar-refractivity contribution in [2.75, 3.05) is 13.2 Å². The number of carbonyl (C=O) groups is 2. The Morgan fingerprint density at radius 2 is 1.39 bits per heavy atom. The highest BCUT2D eigenvalue weighted by Crippen LogP contribution is 2.56. The van der Waals surface area contributed by atoms with E-state index in [0.717, 1.165) is 12.8 Å². The molecule has 28 heavy (non-hydrogen) atoms. The fourth-order valence-electron chi connectivity index (χ4n) is 3.53. The standard InChI is InChI=1S/C22H42O5Si/c1-15(2)10-12-25-19(23)22(20(24)26-13-11-16(3)4)14-17(21(5,6)7)18(22)27-28(8)9/h15-18,28H,10-14H2,1-9H3. The number of ether oxygens (including phenoxy) is 2. The second-order valence-electron chi connectivity index (χ2n) is 10.4. The van der Waals surface area contributed by atoms with E-state index in [1.807, 2.05) is 0 Å². The Hall–Kier alpha value is -0.883. The summed E-state index contributed by atoms with van der Waals surface area (Å²) in [6.45, 7) is 19.5. The van der Waals surface area contributed by atoms with Crippen LogP contribution in [0.2, 0.25) is 13.1 Å². The van der Waals surface area contributed by atoms with Crippen LogP contribution in [0.25, 0.3) is 0 Å². The molecule has 164 valence electrons. The maximum atomic E-state index is 13.1. The third-order valence-corrected chi connectivity index (χ3v) is 6.35. The summed E-state index contributed by atoms with van der Waals surface area (Å²) < 4.78 is 17.4. The molecule has 0 spiro atoms. The normalized spacial score (nSPS) is 21.7. The molecule has 1 aliphatic carbocycles. The van der Waals surface area contributed by atoms with Crippen molar-refractivity contribution >= 4 is 21.0 Å². The smallest absolute Gasteiger partial charge is 0.326 e. The SMILES string of the molecule is CC(C)CCOC(=O)C1(C(=O)OCCC(C)C)CC(C(C)(C)C)C1O[SiH](C)C. The first-order valence-electron chi connectivity index (χ1n) is 10.8. The van der Waals surface area contributed by atoms with E-state index in [4.69, 9.17) is 13.9 Å². The molecule has 2 unspecified atom stereocenters. The minimum atomic E-state index is -1.47. The Labute approximate surface area is 173 Å². The summed E-state index contributed by atoms with van der Waals surface area (Å²) >= 11 is 0. The highest BCUT2D eigenvalue weighted by molar-refractivity contribution is 6.48. The maximum Gasteiger partial charge on any atom is 0.326 e. The van der Waals surface area contributed by atoms with E-state index < -0.39 is 32.5 Å². The molecule has 1 saturated carbocycles. The van der Waals surface area contributed by atoms with Crippen molar-refractivity contribution in [1.82, 2.24) is 0 Å².